The van der Waals surface area contributed by atoms with Crippen molar-refractivity contribution in [3.05, 3.63) is 46.3 Å². The molecule has 0 spiro atoms. The summed E-state index contributed by atoms with van der Waals surface area (Å²) in [4.78, 5) is 17.6. The Morgan fingerprint density at radius 3 is 2.86 bits per heavy atom. The molecule has 1 aliphatic heterocycles. The first-order valence-corrected chi connectivity index (χ1v) is 11.9. The smallest absolute Gasteiger partial charge is 0.266 e. The number of aromatic nitrogens is 1. The highest BCUT2D eigenvalue weighted by atomic mass is 32.2. The van der Waals surface area contributed by atoms with Gasteiger partial charge in [-0.15, -0.1) is 11.3 Å². The SMILES string of the molecule is Cn1c(=NC(=O)C2CCCCN2S(=O)(=O)c2cccs2)sc2cc(F)ccc21. The van der Waals surface area contributed by atoms with Crippen LogP contribution in [0.2, 0.25) is 0 Å². The monoisotopic (exact) mass is 439 g/mol. The largest absolute Gasteiger partial charge is 0.319 e. The molecule has 0 aliphatic carbocycles. The van der Waals surface area contributed by atoms with Crippen LogP contribution in [0.25, 0.3) is 10.2 Å². The molecule has 10 heteroatoms. The third-order valence-corrected chi connectivity index (χ3v) is 9.15. The first kappa shape index (κ1) is 19.4. The Labute approximate surface area is 169 Å². The number of aryl methyl sites for hydroxylation is 1. The van der Waals surface area contributed by atoms with Crippen LogP contribution in [0.3, 0.4) is 0 Å². The van der Waals surface area contributed by atoms with Gasteiger partial charge in [0.1, 0.15) is 16.1 Å². The predicted octanol–water partition coefficient (Wildman–Crippen LogP) is 3.11. The number of rotatable bonds is 3. The van der Waals surface area contributed by atoms with Gasteiger partial charge in [-0.25, -0.2) is 12.8 Å². The number of nitrogens with zero attached hydrogens (tertiary/aromatic N) is 3. The molecule has 0 saturated carbocycles. The summed E-state index contributed by atoms with van der Waals surface area (Å²) in [5.74, 6) is -0.838. The summed E-state index contributed by atoms with van der Waals surface area (Å²) in [6.45, 7) is 0.302. The van der Waals surface area contributed by atoms with Crippen molar-refractivity contribution in [1.29, 1.82) is 0 Å². The number of benzene rings is 1. The van der Waals surface area contributed by atoms with Gasteiger partial charge in [-0.3, -0.25) is 4.79 Å². The zero-order chi connectivity index (χ0) is 19.9. The molecule has 0 radical (unpaired) electrons. The second-order valence-corrected chi connectivity index (χ2v) is 10.6. The third-order valence-electron chi connectivity index (χ3n) is 4.77. The number of fused-ring (bicyclic) bond motifs is 1. The molecule has 1 aromatic carbocycles. The van der Waals surface area contributed by atoms with Crippen molar-refractivity contribution in [2.24, 2.45) is 12.0 Å². The van der Waals surface area contributed by atoms with Crippen molar-refractivity contribution < 1.29 is 17.6 Å². The van der Waals surface area contributed by atoms with Crippen LogP contribution in [0.1, 0.15) is 19.3 Å². The van der Waals surface area contributed by atoms with Gasteiger partial charge in [0, 0.05) is 13.6 Å². The van der Waals surface area contributed by atoms with E-state index in [-0.39, 0.29) is 10.0 Å². The number of hydrogen-bond acceptors (Lipinski definition) is 5. The van der Waals surface area contributed by atoms with Crippen molar-refractivity contribution in [3.63, 3.8) is 0 Å². The van der Waals surface area contributed by atoms with E-state index in [1.807, 2.05) is 0 Å². The van der Waals surface area contributed by atoms with E-state index in [4.69, 9.17) is 0 Å². The minimum atomic E-state index is -3.73. The van der Waals surface area contributed by atoms with Gasteiger partial charge in [-0.2, -0.15) is 9.30 Å². The van der Waals surface area contributed by atoms with E-state index >= 15 is 0 Å². The Morgan fingerprint density at radius 2 is 2.11 bits per heavy atom. The van der Waals surface area contributed by atoms with Crippen molar-refractivity contribution in [1.82, 2.24) is 8.87 Å². The zero-order valence-corrected chi connectivity index (χ0v) is 17.5. The van der Waals surface area contributed by atoms with E-state index in [9.17, 15) is 17.6 Å². The topological polar surface area (TPSA) is 71.7 Å². The molecule has 3 heterocycles. The number of hydrogen-bond donors (Lipinski definition) is 0. The first-order valence-electron chi connectivity index (χ1n) is 8.77. The van der Waals surface area contributed by atoms with E-state index in [0.29, 0.717) is 28.9 Å². The number of sulfonamides is 1. The first-order chi connectivity index (χ1) is 13.4. The number of thiophene rings is 1. The van der Waals surface area contributed by atoms with Crippen LogP contribution in [-0.4, -0.2) is 35.8 Å². The Kier molecular flexibility index (Phi) is 5.21. The lowest BCUT2D eigenvalue weighted by atomic mass is 10.0. The van der Waals surface area contributed by atoms with E-state index in [1.165, 1.54) is 27.8 Å². The molecular weight excluding hydrogens is 421 g/mol. The number of carbonyl (C=O) groups excluding carboxylic acids is 1. The molecule has 3 aromatic rings. The summed E-state index contributed by atoms with van der Waals surface area (Å²) in [5, 5.41) is 1.70. The van der Waals surface area contributed by atoms with E-state index in [1.54, 1.807) is 35.2 Å². The fraction of sp³-hybridized carbons (Fsp3) is 0.333. The van der Waals surface area contributed by atoms with E-state index < -0.39 is 22.0 Å². The van der Waals surface area contributed by atoms with Crippen molar-refractivity contribution in [2.75, 3.05) is 6.54 Å². The lowest BCUT2D eigenvalue weighted by Crippen LogP contribution is -2.47. The quantitative estimate of drug-likeness (QED) is 0.630. The molecule has 28 heavy (non-hydrogen) atoms. The molecule has 1 aliphatic rings. The average Bonchev–Trinajstić information content (AvgIpc) is 3.31. The summed E-state index contributed by atoms with van der Waals surface area (Å²) >= 11 is 2.35. The van der Waals surface area contributed by atoms with Gasteiger partial charge in [0.25, 0.3) is 15.9 Å². The highest BCUT2D eigenvalue weighted by Crippen LogP contribution is 2.28. The average molecular weight is 440 g/mol. The van der Waals surface area contributed by atoms with Gasteiger partial charge in [0.15, 0.2) is 4.80 Å². The zero-order valence-electron chi connectivity index (χ0n) is 15.0. The van der Waals surface area contributed by atoms with Crippen molar-refractivity contribution >= 4 is 48.8 Å². The van der Waals surface area contributed by atoms with Gasteiger partial charge >= 0.3 is 0 Å². The maximum Gasteiger partial charge on any atom is 0.266 e. The molecule has 1 saturated heterocycles. The Balaban J connectivity index is 1.72. The molecule has 4 rings (SSSR count). The molecule has 1 unspecified atom stereocenters. The molecule has 6 nitrogen and oxygen atoms in total. The minimum absolute atomic E-state index is 0.232. The van der Waals surface area contributed by atoms with Crippen molar-refractivity contribution in [2.45, 2.75) is 29.5 Å². The molecule has 1 atom stereocenters. The number of piperidine rings is 1. The molecule has 1 amide bonds. The molecule has 0 bridgehead atoms. The second-order valence-electron chi connectivity index (χ2n) is 6.57. The third kappa shape index (κ3) is 3.45. The van der Waals surface area contributed by atoms with Gasteiger partial charge in [0.2, 0.25) is 0 Å². The van der Waals surface area contributed by atoms with Crippen molar-refractivity contribution in [3.8, 4) is 0 Å². The molecule has 148 valence electrons. The van der Waals surface area contributed by atoms with Crippen LogP contribution in [0.15, 0.2) is 44.9 Å². The molecular formula is C18H18FN3O3S3. The molecule has 2 aromatic heterocycles. The molecule has 0 N–H and O–H groups in total. The van der Waals surface area contributed by atoms with Gasteiger partial charge < -0.3 is 4.57 Å². The van der Waals surface area contributed by atoms with Gasteiger partial charge in [0.05, 0.1) is 10.2 Å². The second kappa shape index (κ2) is 7.51. The predicted molar refractivity (Wildman–Crippen MR) is 107 cm³/mol. The Hall–Kier alpha value is -1.88. The van der Waals surface area contributed by atoms with Crippen LogP contribution in [0, 0.1) is 5.82 Å². The Bertz CT molecular complexity index is 1200. The van der Waals surface area contributed by atoms with E-state index in [2.05, 4.69) is 4.99 Å². The van der Waals surface area contributed by atoms with Gasteiger partial charge in [-0.1, -0.05) is 23.8 Å². The maximum atomic E-state index is 13.5. The highest BCUT2D eigenvalue weighted by molar-refractivity contribution is 7.91. The summed E-state index contributed by atoms with van der Waals surface area (Å²) in [5.41, 5.74) is 0.768. The fourth-order valence-corrected chi connectivity index (χ4v) is 7.17. The fourth-order valence-electron chi connectivity index (χ4n) is 3.35. The molecule has 1 fully saturated rings. The van der Waals surface area contributed by atoms with Gasteiger partial charge in [-0.05, 0) is 42.5 Å². The van der Waals surface area contributed by atoms with Crippen LogP contribution in [0.5, 0.6) is 0 Å². The van der Waals surface area contributed by atoms with Crippen LogP contribution >= 0.6 is 22.7 Å². The summed E-state index contributed by atoms with van der Waals surface area (Å²) in [6.07, 6.45) is 1.92. The standard InChI is InChI=1S/C18H18FN3O3S3/c1-21-13-8-7-12(19)11-15(13)27-18(21)20-17(23)14-5-2-3-9-22(14)28(24,25)16-6-4-10-26-16/h4,6-8,10-11,14H,2-3,5,9H2,1H3. The van der Waals surface area contributed by atoms with Crippen LogP contribution < -0.4 is 4.80 Å². The lowest BCUT2D eigenvalue weighted by molar-refractivity contribution is -0.122. The highest BCUT2D eigenvalue weighted by Gasteiger charge is 2.38. The number of amides is 1. The maximum absolute atomic E-state index is 13.5. The number of carbonyl (C=O) groups is 1. The minimum Gasteiger partial charge on any atom is -0.319 e. The van der Waals surface area contributed by atoms with Crippen LogP contribution in [-0.2, 0) is 21.9 Å². The summed E-state index contributed by atoms with van der Waals surface area (Å²) in [7, 11) is -1.97. The number of thiazole rings is 1. The van der Waals surface area contributed by atoms with E-state index in [0.717, 1.165) is 23.3 Å². The summed E-state index contributed by atoms with van der Waals surface area (Å²) in [6, 6.07) is 6.81. The normalized spacial score (nSPS) is 19.4. The number of halogens is 1. The lowest BCUT2D eigenvalue weighted by Gasteiger charge is -2.31. The Morgan fingerprint density at radius 1 is 1.29 bits per heavy atom. The van der Waals surface area contributed by atoms with Crippen LogP contribution in [0.4, 0.5) is 4.39 Å². The summed E-state index contributed by atoms with van der Waals surface area (Å²) < 4.78 is 43.3.